The van der Waals surface area contributed by atoms with Gasteiger partial charge in [0.15, 0.2) is 11.6 Å². The van der Waals surface area contributed by atoms with E-state index in [4.69, 9.17) is 5.11 Å². The summed E-state index contributed by atoms with van der Waals surface area (Å²) in [6, 6.07) is 4.28. The molecule has 3 rings (SSSR count). The molecule has 0 aliphatic heterocycles. The molecule has 0 saturated heterocycles. The number of hydrogen-bond donors (Lipinski definition) is 1. The van der Waals surface area contributed by atoms with E-state index in [-0.39, 0.29) is 5.92 Å². The molecule has 0 heterocycles. The van der Waals surface area contributed by atoms with Gasteiger partial charge in [-0.2, -0.15) is 0 Å². The van der Waals surface area contributed by atoms with Gasteiger partial charge in [-0.15, -0.1) is 0 Å². The number of rotatable bonds is 3. The quantitative estimate of drug-likeness (QED) is 0.837. The molecule has 2 aliphatic carbocycles. The molecule has 2 fully saturated rings. The van der Waals surface area contributed by atoms with Gasteiger partial charge in [-0.3, -0.25) is 4.79 Å². The van der Waals surface area contributed by atoms with E-state index in [2.05, 4.69) is 0 Å². The van der Waals surface area contributed by atoms with E-state index in [0.717, 1.165) is 56.9 Å². The molecule has 126 valence electrons. The Balaban J connectivity index is 1.52. The summed E-state index contributed by atoms with van der Waals surface area (Å²) in [6.45, 7) is 0. The average Bonchev–Trinajstić information content (AvgIpc) is 2.57. The maximum Gasteiger partial charge on any atom is 0.306 e. The van der Waals surface area contributed by atoms with Crippen LogP contribution in [0.15, 0.2) is 18.2 Å². The largest absolute Gasteiger partial charge is 0.481 e. The summed E-state index contributed by atoms with van der Waals surface area (Å²) in [6.07, 6.45) is 7.95. The highest BCUT2D eigenvalue weighted by Gasteiger charge is 2.33. The molecule has 0 amide bonds. The highest BCUT2D eigenvalue weighted by molar-refractivity contribution is 5.69. The molecule has 0 radical (unpaired) electrons. The van der Waals surface area contributed by atoms with Gasteiger partial charge >= 0.3 is 5.97 Å². The lowest BCUT2D eigenvalue weighted by atomic mass is 9.68. The summed E-state index contributed by atoms with van der Waals surface area (Å²) in [5.41, 5.74) is 0.914. The fraction of sp³-hybridized carbons (Fsp3) is 0.632. The van der Waals surface area contributed by atoms with Crippen molar-refractivity contribution in [1.82, 2.24) is 0 Å². The Kier molecular flexibility index (Phi) is 4.98. The Morgan fingerprint density at radius 3 is 1.96 bits per heavy atom. The predicted molar refractivity (Wildman–Crippen MR) is 84.1 cm³/mol. The molecule has 2 saturated carbocycles. The minimum atomic E-state index is -0.780. The summed E-state index contributed by atoms with van der Waals surface area (Å²) < 4.78 is 26.4. The van der Waals surface area contributed by atoms with Gasteiger partial charge < -0.3 is 5.11 Å². The maximum atomic E-state index is 13.4. The molecule has 23 heavy (non-hydrogen) atoms. The Labute approximate surface area is 135 Å². The van der Waals surface area contributed by atoms with Crippen molar-refractivity contribution in [2.45, 2.75) is 57.3 Å². The van der Waals surface area contributed by atoms with Gasteiger partial charge in [0.25, 0.3) is 0 Å². The van der Waals surface area contributed by atoms with Gasteiger partial charge in [0.2, 0.25) is 0 Å². The lowest BCUT2D eigenvalue weighted by Crippen LogP contribution is -2.27. The number of aliphatic carboxylic acids is 1. The summed E-state index contributed by atoms with van der Waals surface area (Å²) in [5.74, 6) is -0.677. The molecule has 0 bridgehead atoms. The van der Waals surface area contributed by atoms with Crippen LogP contribution in [0.5, 0.6) is 0 Å². The van der Waals surface area contributed by atoms with Crippen LogP contribution in [-0.2, 0) is 4.79 Å². The standard InChI is InChI=1S/C19H24F2O2/c20-17-10-9-16(11-18(17)21)14-3-1-12(2-4-14)13-5-7-15(8-6-13)19(22)23/h9-15H,1-8H2,(H,22,23). The summed E-state index contributed by atoms with van der Waals surface area (Å²) in [4.78, 5) is 11.0. The SMILES string of the molecule is O=C(O)C1CCC(C2CCC(c3ccc(F)c(F)c3)CC2)CC1. The smallest absolute Gasteiger partial charge is 0.306 e. The third-order valence-electron chi connectivity index (χ3n) is 5.97. The zero-order valence-corrected chi connectivity index (χ0v) is 13.3. The molecule has 4 heteroatoms. The molecule has 2 nitrogen and oxygen atoms in total. The van der Waals surface area contributed by atoms with Crippen molar-refractivity contribution >= 4 is 5.97 Å². The van der Waals surface area contributed by atoms with Crippen LogP contribution >= 0.6 is 0 Å². The topological polar surface area (TPSA) is 37.3 Å². The fourth-order valence-electron chi connectivity index (χ4n) is 4.53. The van der Waals surface area contributed by atoms with E-state index in [1.165, 1.54) is 12.1 Å². The van der Waals surface area contributed by atoms with Crippen LogP contribution in [0.25, 0.3) is 0 Å². The van der Waals surface area contributed by atoms with Crippen LogP contribution in [0.1, 0.15) is 62.8 Å². The minimum Gasteiger partial charge on any atom is -0.481 e. The van der Waals surface area contributed by atoms with E-state index >= 15 is 0 Å². The van der Waals surface area contributed by atoms with Crippen molar-refractivity contribution < 1.29 is 18.7 Å². The third kappa shape index (κ3) is 3.73. The van der Waals surface area contributed by atoms with Gasteiger partial charge in [-0.05, 0) is 86.8 Å². The normalized spacial score (nSPS) is 31.7. The van der Waals surface area contributed by atoms with Crippen molar-refractivity contribution in [3.05, 3.63) is 35.4 Å². The summed E-state index contributed by atoms with van der Waals surface area (Å²) in [5, 5.41) is 9.08. The van der Waals surface area contributed by atoms with Crippen molar-refractivity contribution in [2.75, 3.05) is 0 Å². The highest BCUT2D eigenvalue weighted by atomic mass is 19.2. The van der Waals surface area contributed by atoms with Gasteiger partial charge in [-0.25, -0.2) is 8.78 Å². The first-order valence-electron chi connectivity index (χ1n) is 8.72. The van der Waals surface area contributed by atoms with Gasteiger partial charge in [0.05, 0.1) is 5.92 Å². The molecule has 1 aromatic carbocycles. The van der Waals surface area contributed by atoms with Gasteiger partial charge in [-0.1, -0.05) is 6.07 Å². The molecule has 0 aromatic heterocycles. The van der Waals surface area contributed by atoms with Crippen LogP contribution in [0.2, 0.25) is 0 Å². The predicted octanol–water partition coefficient (Wildman–Crippen LogP) is 5.13. The van der Waals surface area contributed by atoms with Crippen LogP contribution in [0, 0.1) is 29.4 Å². The molecular weight excluding hydrogens is 298 g/mol. The molecule has 2 aliphatic rings. The summed E-state index contributed by atoms with van der Waals surface area (Å²) >= 11 is 0. The molecule has 1 N–H and O–H groups in total. The number of halogens is 2. The molecular formula is C19H24F2O2. The molecule has 0 spiro atoms. The second-order valence-corrected chi connectivity index (χ2v) is 7.24. The highest BCUT2D eigenvalue weighted by Crippen LogP contribution is 2.44. The van der Waals surface area contributed by atoms with Crippen molar-refractivity contribution in [1.29, 1.82) is 0 Å². The lowest BCUT2D eigenvalue weighted by Gasteiger charge is -2.37. The van der Waals surface area contributed by atoms with E-state index in [1.807, 2.05) is 0 Å². The second kappa shape index (κ2) is 6.98. The number of hydrogen-bond acceptors (Lipinski definition) is 1. The number of benzene rings is 1. The minimum absolute atomic E-state index is 0.148. The van der Waals surface area contributed by atoms with E-state index in [1.54, 1.807) is 6.07 Å². The van der Waals surface area contributed by atoms with E-state index < -0.39 is 17.6 Å². The monoisotopic (exact) mass is 322 g/mol. The van der Waals surface area contributed by atoms with Crippen molar-refractivity contribution in [3.63, 3.8) is 0 Å². The Morgan fingerprint density at radius 1 is 0.870 bits per heavy atom. The van der Waals surface area contributed by atoms with E-state index in [0.29, 0.717) is 17.8 Å². The van der Waals surface area contributed by atoms with Crippen LogP contribution < -0.4 is 0 Å². The van der Waals surface area contributed by atoms with Crippen molar-refractivity contribution in [2.24, 2.45) is 17.8 Å². The lowest BCUT2D eigenvalue weighted by molar-refractivity contribution is -0.143. The third-order valence-corrected chi connectivity index (χ3v) is 5.97. The number of carbonyl (C=O) groups is 1. The first kappa shape index (κ1) is 16.4. The molecule has 1 aromatic rings. The molecule has 0 unspecified atom stereocenters. The van der Waals surface area contributed by atoms with Gasteiger partial charge in [0.1, 0.15) is 0 Å². The zero-order valence-electron chi connectivity index (χ0n) is 13.3. The molecule has 0 atom stereocenters. The van der Waals surface area contributed by atoms with Crippen LogP contribution in [-0.4, -0.2) is 11.1 Å². The average molecular weight is 322 g/mol. The number of carboxylic acid groups (broad SMARTS) is 1. The van der Waals surface area contributed by atoms with Gasteiger partial charge in [0, 0.05) is 0 Å². The van der Waals surface area contributed by atoms with E-state index in [9.17, 15) is 13.6 Å². The maximum absolute atomic E-state index is 13.4. The zero-order chi connectivity index (χ0) is 16.4. The Bertz CT molecular complexity index is 556. The van der Waals surface area contributed by atoms with Crippen LogP contribution in [0.3, 0.4) is 0 Å². The summed E-state index contributed by atoms with van der Waals surface area (Å²) in [7, 11) is 0. The Hall–Kier alpha value is -1.45. The first-order valence-corrected chi connectivity index (χ1v) is 8.72. The van der Waals surface area contributed by atoms with Crippen LogP contribution in [0.4, 0.5) is 8.78 Å². The second-order valence-electron chi connectivity index (χ2n) is 7.24. The fourth-order valence-corrected chi connectivity index (χ4v) is 4.53. The first-order chi connectivity index (χ1) is 11.0. The van der Waals surface area contributed by atoms with Crippen molar-refractivity contribution in [3.8, 4) is 0 Å². The Morgan fingerprint density at radius 2 is 1.43 bits per heavy atom. The number of carboxylic acids is 1.